The molecule has 98 valence electrons. The fourth-order valence-corrected chi connectivity index (χ4v) is 2.42. The molecule has 5 heteroatoms. The van der Waals surface area contributed by atoms with Gasteiger partial charge >= 0.3 is 0 Å². The van der Waals surface area contributed by atoms with E-state index in [-0.39, 0.29) is 0 Å². The van der Waals surface area contributed by atoms with Crippen LogP contribution in [0.4, 0.5) is 0 Å². The maximum atomic E-state index is 10.1. The lowest BCUT2D eigenvalue weighted by Crippen LogP contribution is -2.13. The van der Waals surface area contributed by atoms with Crippen LogP contribution in [0.5, 0.6) is 0 Å². The lowest BCUT2D eigenvalue weighted by Gasteiger charge is -2.12. The minimum atomic E-state index is -0.634. The number of nitrogens with zero attached hydrogens (tertiary/aromatic N) is 2. The number of para-hydroxylation sites is 1. The van der Waals surface area contributed by atoms with E-state index in [1.54, 1.807) is 0 Å². The molecule has 1 atom stereocenters. The molecular formula is C13H18ClN3O. The Kier molecular flexibility index (Phi) is 4.22. The van der Waals surface area contributed by atoms with Gasteiger partial charge in [-0.2, -0.15) is 0 Å². The van der Waals surface area contributed by atoms with Crippen molar-refractivity contribution in [2.75, 3.05) is 6.54 Å². The second-order valence-electron chi connectivity index (χ2n) is 4.32. The van der Waals surface area contributed by atoms with E-state index >= 15 is 0 Å². The molecule has 1 aromatic carbocycles. The van der Waals surface area contributed by atoms with E-state index in [1.165, 1.54) is 0 Å². The van der Waals surface area contributed by atoms with Crippen LogP contribution in [0.3, 0.4) is 0 Å². The molecule has 1 aromatic heterocycles. The molecular weight excluding hydrogens is 250 g/mol. The monoisotopic (exact) mass is 267 g/mol. The van der Waals surface area contributed by atoms with Crippen molar-refractivity contribution in [2.24, 2.45) is 5.73 Å². The molecule has 18 heavy (non-hydrogen) atoms. The molecule has 0 aliphatic rings. The first-order valence-electron chi connectivity index (χ1n) is 6.21. The fourth-order valence-electron chi connectivity index (χ4n) is 2.15. The number of halogens is 1. The summed E-state index contributed by atoms with van der Waals surface area (Å²) in [6.07, 6.45) is 0.828. The maximum absolute atomic E-state index is 10.1. The molecule has 0 radical (unpaired) electrons. The van der Waals surface area contributed by atoms with Crippen molar-refractivity contribution in [2.45, 2.75) is 32.4 Å². The predicted octanol–water partition coefficient (Wildman–Crippen LogP) is 2.48. The molecule has 2 rings (SSSR count). The van der Waals surface area contributed by atoms with Crippen molar-refractivity contribution in [3.8, 4) is 0 Å². The topological polar surface area (TPSA) is 64.1 Å². The molecule has 4 nitrogen and oxygen atoms in total. The summed E-state index contributed by atoms with van der Waals surface area (Å²) in [4.78, 5) is 4.48. The average molecular weight is 268 g/mol. The van der Waals surface area contributed by atoms with Gasteiger partial charge in [-0.05, 0) is 31.5 Å². The summed E-state index contributed by atoms with van der Waals surface area (Å²) in [7, 11) is 0. The Balaban J connectivity index is 2.58. The van der Waals surface area contributed by atoms with Crippen LogP contribution in [-0.2, 0) is 6.54 Å². The van der Waals surface area contributed by atoms with Crippen LogP contribution in [0.15, 0.2) is 18.2 Å². The molecule has 0 saturated carbocycles. The highest BCUT2D eigenvalue weighted by molar-refractivity contribution is 6.35. The van der Waals surface area contributed by atoms with Crippen LogP contribution in [-0.4, -0.2) is 21.2 Å². The van der Waals surface area contributed by atoms with Crippen LogP contribution in [0.25, 0.3) is 11.0 Å². The number of aliphatic hydroxyl groups is 1. The van der Waals surface area contributed by atoms with E-state index in [1.807, 2.05) is 22.8 Å². The molecule has 1 unspecified atom stereocenters. The Morgan fingerprint density at radius 2 is 2.28 bits per heavy atom. The van der Waals surface area contributed by atoms with Crippen LogP contribution < -0.4 is 5.73 Å². The zero-order chi connectivity index (χ0) is 13.1. The van der Waals surface area contributed by atoms with Gasteiger partial charge in [-0.1, -0.05) is 24.6 Å². The predicted molar refractivity (Wildman–Crippen MR) is 73.7 cm³/mol. The zero-order valence-corrected chi connectivity index (χ0v) is 11.2. The fraction of sp³-hybridized carbons (Fsp3) is 0.462. The molecule has 0 fully saturated rings. The van der Waals surface area contributed by atoms with Crippen molar-refractivity contribution in [3.63, 3.8) is 0 Å². The quantitative estimate of drug-likeness (QED) is 0.875. The van der Waals surface area contributed by atoms with Gasteiger partial charge in [0.1, 0.15) is 11.9 Å². The lowest BCUT2D eigenvalue weighted by atomic mass is 10.2. The summed E-state index contributed by atoms with van der Waals surface area (Å²) in [5.41, 5.74) is 7.21. The number of fused-ring (bicyclic) bond motifs is 1. The summed E-state index contributed by atoms with van der Waals surface area (Å²) in [6.45, 7) is 3.31. The third-order valence-electron chi connectivity index (χ3n) is 2.93. The van der Waals surface area contributed by atoms with Crippen molar-refractivity contribution >= 4 is 22.6 Å². The van der Waals surface area contributed by atoms with Gasteiger partial charge in [0.15, 0.2) is 0 Å². The Morgan fingerprint density at radius 1 is 1.50 bits per heavy atom. The molecule has 0 bridgehead atoms. The number of aromatic nitrogens is 2. The lowest BCUT2D eigenvalue weighted by molar-refractivity contribution is 0.156. The highest BCUT2D eigenvalue weighted by Crippen LogP contribution is 2.28. The van der Waals surface area contributed by atoms with E-state index in [9.17, 15) is 5.11 Å². The average Bonchev–Trinajstić information content (AvgIpc) is 2.70. The molecule has 0 saturated heterocycles. The third-order valence-corrected chi connectivity index (χ3v) is 3.24. The Hall–Kier alpha value is -1.10. The number of hydrogen-bond donors (Lipinski definition) is 2. The van der Waals surface area contributed by atoms with Gasteiger partial charge in [-0.3, -0.25) is 0 Å². The van der Waals surface area contributed by atoms with E-state index in [0.717, 1.165) is 24.0 Å². The van der Waals surface area contributed by atoms with Crippen LogP contribution >= 0.6 is 11.6 Å². The van der Waals surface area contributed by atoms with Gasteiger partial charge in [0, 0.05) is 6.54 Å². The van der Waals surface area contributed by atoms with Crippen LogP contribution in [0, 0.1) is 0 Å². The number of aliphatic hydroxyl groups excluding tert-OH is 1. The number of rotatable bonds is 5. The van der Waals surface area contributed by atoms with E-state index in [2.05, 4.69) is 11.9 Å². The SMILES string of the molecule is CCCn1c(C(O)CCN)nc2cccc(Cl)c21. The molecule has 0 amide bonds. The Bertz CT molecular complexity index is 538. The maximum Gasteiger partial charge on any atom is 0.138 e. The van der Waals surface area contributed by atoms with Crippen molar-refractivity contribution in [3.05, 3.63) is 29.0 Å². The zero-order valence-electron chi connectivity index (χ0n) is 10.4. The van der Waals surface area contributed by atoms with E-state index in [4.69, 9.17) is 17.3 Å². The first-order valence-corrected chi connectivity index (χ1v) is 6.59. The standard InChI is InChI=1S/C13H18ClN3O/c1-2-8-17-12-9(14)4-3-5-10(12)16-13(17)11(18)6-7-15/h3-5,11,18H,2,6-8,15H2,1H3. The molecule has 0 spiro atoms. The van der Waals surface area contributed by atoms with Gasteiger partial charge in [0.05, 0.1) is 16.1 Å². The van der Waals surface area contributed by atoms with Crippen LogP contribution in [0.1, 0.15) is 31.7 Å². The highest BCUT2D eigenvalue weighted by Gasteiger charge is 2.18. The largest absolute Gasteiger partial charge is 0.385 e. The van der Waals surface area contributed by atoms with Crippen molar-refractivity contribution in [1.82, 2.24) is 9.55 Å². The summed E-state index contributed by atoms with van der Waals surface area (Å²) in [6, 6.07) is 5.62. The van der Waals surface area contributed by atoms with Gasteiger partial charge < -0.3 is 15.4 Å². The second kappa shape index (κ2) is 5.69. The number of hydrogen-bond acceptors (Lipinski definition) is 3. The molecule has 3 N–H and O–H groups in total. The van der Waals surface area contributed by atoms with Crippen molar-refractivity contribution < 1.29 is 5.11 Å². The van der Waals surface area contributed by atoms with Crippen molar-refractivity contribution in [1.29, 1.82) is 0 Å². The number of benzene rings is 1. The van der Waals surface area contributed by atoms with Gasteiger partial charge in [-0.15, -0.1) is 0 Å². The minimum absolute atomic E-state index is 0.435. The third kappa shape index (κ3) is 2.36. The van der Waals surface area contributed by atoms with Gasteiger partial charge in [-0.25, -0.2) is 4.98 Å². The smallest absolute Gasteiger partial charge is 0.138 e. The number of imidazole rings is 1. The summed E-state index contributed by atoms with van der Waals surface area (Å²) in [5, 5.41) is 10.8. The van der Waals surface area contributed by atoms with E-state index < -0.39 is 6.10 Å². The molecule has 1 heterocycles. The normalized spacial score (nSPS) is 13.1. The summed E-state index contributed by atoms with van der Waals surface area (Å²) < 4.78 is 2.00. The minimum Gasteiger partial charge on any atom is -0.385 e. The number of nitrogens with two attached hydrogens (primary N) is 1. The molecule has 0 aliphatic heterocycles. The highest BCUT2D eigenvalue weighted by atomic mass is 35.5. The number of aryl methyl sites for hydroxylation is 1. The Morgan fingerprint density at radius 3 is 2.94 bits per heavy atom. The second-order valence-corrected chi connectivity index (χ2v) is 4.73. The van der Waals surface area contributed by atoms with E-state index in [0.29, 0.717) is 23.8 Å². The Labute approximate surface area is 111 Å². The molecule has 0 aliphatic carbocycles. The summed E-state index contributed by atoms with van der Waals surface area (Å²) >= 11 is 6.23. The molecule has 2 aromatic rings. The first-order chi connectivity index (χ1) is 8.69. The van der Waals surface area contributed by atoms with Gasteiger partial charge in [0.2, 0.25) is 0 Å². The first kappa shape index (κ1) is 13.3. The van der Waals surface area contributed by atoms with Crippen LogP contribution in [0.2, 0.25) is 5.02 Å². The summed E-state index contributed by atoms with van der Waals surface area (Å²) in [5.74, 6) is 0.658. The van der Waals surface area contributed by atoms with Gasteiger partial charge in [0.25, 0.3) is 0 Å².